The predicted molar refractivity (Wildman–Crippen MR) is 140 cm³/mol. The van der Waals surface area contributed by atoms with Crippen molar-refractivity contribution in [1.82, 2.24) is 25.2 Å². The van der Waals surface area contributed by atoms with Crippen LogP contribution in [0.3, 0.4) is 0 Å². The number of nitrogens with two attached hydrogens (primary N) is 1. The van der Waals surface area contributed by atoms with E-state index in [-0.39, 0.29) is 38.4 Å². The third-order valence-corrected chi connectivity index (χ3v) is 10.8. The van der Waals surface area contributed by atoms with Gasteiger partial charge in [0, 0.05) is 30.8 Å². The molecule has 2 aliphatic rings. The molecule has 3 aromatic rings. The van der Waals surface area contributed by atoms with Gasteiger partial charge in [-0.25, -0.2) is 15.0 Å². The van der Waals surface area contributed by atoms with Gasteiger partial charge in [0.25, 0.3) is 5.91 Å². The molecule has 0 spiro atoms. The number of aliphatic carboxylic acids is 1. The Morgan fingerprint density at radius 2 is 2.05 bits per heavy atom. The number of carboxylic acids is 1. The fourth-order valence-corrected chi connectivity index (χ4v) is 8.97. The molecule has 5 N–H and O–H groups in total. The summed E-state index contributed by atoms with van der Waals surface area (Å²) in [7, 11) is 0. The summed E-state index contributed by atoms with van der Waals surface area (Å²) in [5.41, 5.74) is 4.77. The van der Waals surface area contributed by atoms with Crippen LogP contribution >= 0.6 is 57.8 Å². The van der Waals surface area contributed by atoms with Crippen molar-refractivity contribution < 1.29 is 24.7 Å². The molecular formula is C19H14ClN7O6S4. The average molecular weight is 600 g/mol. The van der Waals surface area contributed by atoms with Crippen molar-refractivity contribution in [1.29, 1.82) is 0 Å². The van der Waals surface area contributed by atoms with Crippen LogP contribution in [0.15, 0.2) is 32.6 Å². The molecule has 0 bridgehead atoms. The number of thioether (sulfide) groups is 2. The molecule has 2 unspecified atom stereocenters. The van der Waals surface area contributed by atoms with Crippen LogP contribution in [-0.4, -0.2) is 82.1 Å². The highest BCUT2D eigenvalue weighted by atomic mass is 35.5. The monoisotopic (exact) mass is 599 g/mol. The number of carbonyl (C=O) groups excluding carboxylic acids is 2. The number of anilines is 1. The Morgan fingerprint density at radius 3 is 2.73 bits per heavy atom. The first-order valence-corrected chi connectivity index (χ1v) is 14.1. The number of nitrogens with zero attached hydrogens (tertiary/aromatic N) is 5. The second-order valence-corrected chi connectivity index (χ2v) is 13.2. The van der Waals surface area contributed by atoms with Crippen molar-refractivity contribution in [3.63, 3.8) is 0 Å². The van der Waals surface area contributed by atoms with Crippen LogP contribution in [0.4, 0.5) is 5.13 Å². The van der Waals surface area contributed by atoms with Gasteiger partial charge in [0.1, 0.15) is 36.5 Å². The van der Waals surface area contributed by atoms with Crippen LogP contribution in [-0.2, 0) is 14.4 Å². The number of carboxylic acid groups (broad SMARTS) is 1. The molecule has 18 heteroatoms. The molecular weight excluding hydrogens is 586 g/mol. The van der Waals surface area contributed by atoms with E-state index in [1.54, 1.807) is 0 Å². The summed E-state index contributed by atoms with van der Waals surface area (Å²) in [4.78, 5) is 64.2. The third kappa shape index (κ3) is 4.50. The van der Waals surface area contributed by atoms with Gasteiger partial charge >= 0.3 is 5.97 Å². The fraction of sp³-hybridized carbons (Fsp3) is 0.263. The van der Waals surface area contributed by atoms with Gasteiger partial charge in [-0.1, -0.05) is 39.9 Å². The number of rotatable bonds is 6. The lowest BCUT2D eigenvalue weighted by molar-refractivity contribution is -0.151. The quantitative estimate of drug-likeness (QED) is 0.135. The highest BCUT2D eigenvalue weighted by molar-refractivity contribution is 8.06. The molecule has 2 saturated heterocycles. The number of thiazole rings is 1. The SMILES string of the molecule is Nc1nc(C(=NO)C(=O)NC2C(=O)N3CC(Sc4cc(=O)c5nccnc5s4)(C(=O)O)CS[C@H]23)c(Cl)s1. The summed E-state index contributed by atoms with van der Waals surface area (Å²) >= 11 is 10.2. The molecule has 13 nitrogen and oxygen atoms in total. The maximum Gasteiger partial charge on any atom is 0.322 e. The molecule has 2 amide bonds. The second kappa shape index (κ2) is 9.71. The smallest absolute Gasteiger partial charge is 0.322 e. The van der Waals surface area contributed by atoms with E-state index >= 15 is 0 Å². The Balaban J connectivity index is 1.32. The van der Waals surface area contributed by atoms with E-state index in [4.69, 9.17) is 17.3 Å². The Bertz CT molecular complexity index is 1550. The predicted octanol–water partition coefficient (Wildman–Crippen LogP) is 0.938. The summed E-state index contributed by atoms with van der Waals surface area (Å²) in [5.74, 6) is -2.45. The molecule has 0 aromatic carbocycles. The molecule has 5 heterocycles. The maximum absolute atomic E-state index is 12.9. The number of fused-ring (bicyclic) bond motifs is 2. The lowest BCUT2D eigenvalue weighted by Crippen LogP contribution is -2.74. The number of halogens is 1. The fourth-order valence-electron chi connectivity index (χ4n) is 3.77. The summed E-state index contributed by atoms with van der Waals surface area (Å²) in [6.07, 6.45) is 2.85. The number of nitrogens with one attached hydrogen (secondary N) is 1. The number of hydrogen-bond acceptors (Lipinski definition) is 14. The second-order valence-electron chi connectivity index (χ2n) is 7.78. The highest BCUT2D eigenvalue weighted by Gasteiger charge is 2.58. The minimum absolute atomic E-state index is 0.0410. The third-order valence-electron chi connectivity index (χ3n) is 5.51. The summed E-state index contributed by atoms with van der Waals surface area (Å²) < 4.78 is -0.964. The van der Waals surface area contributed by atoms with E-state index in [9.17, 15) is 29.5 Å². The molecule has 192 valence electrons. The van der Waals surface area contributed by atoms with E-state index < -0.39 is 39.7 Å². The molecule has 0 radical (unpaired) electrons. The Kier molecular flexibility index (Phi) is 6.73. The van der Waals surface area contributed by atoms with Crippen molar-refractivity contribution >= 4 is 96.8 Å². The molecule has 37 heavy (non-hydrogen) atoms. The number of hydrogen-bond donors (Lipinski definition) is 4. The van der Waals surface area contributed by atoms with Crippen LogP contribution in [0.2, 0.25) is 4.34 Å². The van der Waals surface area contributed by atoms with Gasteiger partial charge in [-0.2, -0.15) is 0 Å². The Morgan fingerprint density at radius 1 is 1.30 bits per heavy atom. The number of aromatic nitrogens is 3. The molecule has 2 aliphatic heterocycles. The van der Waals surface area contributed by atoms with Crippen molar-refractivity contribution in [3.8, 4) is 0 Å². The topological polar surface area (TPSA) is 201 Å². The zero-order valence-corrected chi connectivity index (χ0v) is 22.2. The summed E-state index contributed by atoms with van der Waals surface area (Å²) in [6, 6.07) is 0.341. The first-order valence-electron chi connectivity index (χ1n) is 10.2. The minimum atomic E-state index is -1.44. The summed E-state index contributed by atoms with van der Waals surface area (Å²) in [6.45, 7) is -0.148. The van der Waals surface area contributed by atoms with Gasteiger partial charge in [0.15, 0.2) is 10.8 Å². The molecule has 0 saturated carbocycles. The van der Waals surface area contributed by atoms with Crippen LogP contribution in [0.1, 0.15) is 5.69 Å². The molecule has 0 aliphatic carbocycles. The van der Waals surface area contributed by atoms with Crippen molar-refractivity contribution in [2.24, 2.45) is 5.16 Å². The molecule has 3 aromatic heterocycles. The van der Waals surface area contributed by atoms with Gasteiger partial charge < -0.3 is 26.3 Å². The number of amides is 2. The van der Waals surface area contributed by atoms with Crippen molar-refractivity contribution in [2.45, 2.75) is 20.4 Å². The van der Waals surface area contributed by atoms with Gasteiger partial charge in [-0.05, 0) is 0 Å². The largest absolute Gasteiger partial charge is 0.480 e. The number of β-lactam (4-membered cyclic amide) rings is 1. The van der Waals surface area contributed by atoms with Crippen molar-refractivity contribution in [2.75, 3.05) is 18.0 Å². The Hall–Kier alpha value is -2.99. The Labute approximate surface area is 228 Å². The van der Waals surface area contributed by atoms with Gasteiger partial charge in [0.2, 0.25) is 11.3 Å². The zero-order chi connectivity index (χ0) is 26.5. The van der Waals surface area contributed by atoms with E-state index in [0.29, 0.717) is 9.04 Å². The lowest BCUT2D eigenvalue weighted by Gasteiger charge is -2.53. The first kappa shape index (κ1) is 25.7. The van der Waals surface area contributed by atoms with E-state index in [0.717, 1.165) is 34.4 Å². The number of carbonyl (C=O) groups is 3. The number of nitrogen functional groups attached to an aromatic ring is 1. The molecule has 3 atom stereocenters. The van der Waals surface area contributed by atoms with Crippen LogP contribution < -0.4 is 16.5 Å². The van der Waals surface area contributed by atoms with Crippen LogP contribution in [0.25, 0.3) is 10.3 Å². The maximum atomic E-state index is 12.9. The van der Waals surface area contributed by atoms with E-state index in [2.05, 4.69) is 25.4 Å². The van der Waals surface area contributed by atoms with E-state index in [1.165, 1.54) is 35.1 Å². The number of oxime groups is 1. The first-order chi connectivity index (χ1) is 17.6. The van der Waals surface area contributed by atoms with Gasteiger partial charge in [-0.3, -0.25) is 19.2 Å². The zero-order valence-electron chi connectivity index (χ0n) is 18.2. The average Bonchev–Trinajstić information content (AvgIpc) is 3.20. The lowest BCUT2D eigenvalue weighted by atomic mass is 10.0. The normalized spacial score (nSPS) is 23.4. The van der Waals surface area contributed by atoms with Crippen LogP contribution in [0, 0.1) is 0 Å². The molecule has 5 rings (SSSR count). The minimum Gasteiger partial charge on any atom is -0.480 e. The highest BCUT2D eigenvalue weighted by Crippen LogP contribution is 2.47. The molecule has 2 fully saturated rings. The van der Waals surface area contributed by atoms with Gasteiger partial charge in [-0.15, -0.1) is 23.1 Å². The van der Waals surface area contributed by atoms with Gasteiger partial charge in [0.05, 0.1) is 4.21 Å². The van der Waals surface area contributed by atoms with Crippen molar-refractivity contribution in [3.05, 3.63) is 38.7 Å². The van der Waals surface area contributed by atoms with E-state index in [1.807, 2.05) is 0 Å². The summed E-state index contributed by atoms with van der Waals surface area (Å²) in [5, 5.41) is 24.4. The standard InChI is InChI=1S/C19H14ClN7O6S4/c20-12-9(25-18(21)36-12)10(26-33)13(29)24-11-15(30)27-4-19(17(31)32,5-34-16(11)27)37-7-3-6(28)8-14(35-7)23-2-1-22-8/h1-3,11,16,33H,4-5H2,(H2,21,25)(H,24,29)(H,31,32)/t11?,16-,19?/m1/s1. The van der Waals surface area contributed by atoms with Crippen LogP contribution in [0.5, 0.6) is 0 Å².